The maximum atomic E-state index is 11.4. The summed E-state index contributed by atoms with van der Waals surface area (Å²) in [5.74, 6) is -0.114. The zero-order valence-electron chi connectivity index (χ0n) is 10.5. The van der Waals surface area contributed by atoms with Crippen molar-refractivity contribution < 1.29 is 18.3 Å². The van der Waals surface area contributed by atoms with E-state index >= 15 is 0 Å². The van der Waals surface area contributed by atoms with Gasteiger partial charge in [-0.25, -0.2) is 8.42 Å². The molecule has 2 aromatic rings. The van der Waals surface area contributed by atoms with Gasteiger partial charge in [-0.05, 0) is 51.3 Å². The lowest BCUT2D eigenvalue weighted by Gasteiger charge is -2.07. The Hall–Kier alpha value is -1.66. The number of phenols is 1. The quantitative estimate of drug-likeness (QED) is 0.859. The fraction of sp³-hybridized carbons (Fsp3) is 0.0714. The summed E-state index contributed by atoms with van der Waals surface area (Å²) in [6, 6.07) is 9.53. The Kier molecular flexibility index (Phi) is 3.96. The van der Waals surface area contributed by atoms with Gasteiger partial charge in [-0.3, -0.25) is 4.79 Å². The molecule has 2 aromatic carbocycles. The highest BCUT2D eigenvalue weighted by Gasteiger charge is 2.10. The van der Waals surface area contributed by atoms with Gasteiger partial charge in [0, 0.05) is 6.26 Å². The smallest absolute Gasteiger partial charge is 0.175 e. The highest BCUT2D eigenvalue weighted by atomic mass is 79.9. The van der Waals surface area contributed by atoms with Crippen LogP contribution in [-0.2, 0) is 9.84 Å². The molecule has 4 nitrogen and oxygen atoms in total. The van der Waals surface area contributed by atoms with Crippen molar-refractivity contribution in [3.8, 4) is 16.9 Å². The molecule has 0 unspecified atom stereocenters. The lowest BCUT2D eigenvalue weighted by atomic mass is 10.0. The van der Waals surface area contributed by atoms with Gasteiger partial charge in [-0.2, -0.15) is 0 Å². The van der Waals surface area contributed by atoms with Crippen molar-refractivity contribution in [1.82, 2.24) is 0 Å². The largest absolute Gasteiger partial charge is 0.506 e. The van der Waals surface area contributed by atoms with E-state index in [1.54, 1.807) is 24.3 Å². The SMILES string of the molecule is CS(=O)(=O)c1ccc(-c2cc(Br)c(O)c(C=O)c2)cc1. The number of aldehydes is 1. The zero-order valence-corrected chi connectivity index (χ0v) is 12.9. The van der Waals surface area contributed by atoms with Gasteiger partial charge in [0.2, 0.25) is 0 Å². The normalized spacial score (nSPS) is 11.3. The van der Waals surface area contributed by atoms with Crippen LogP contribution in [0.4, 0.5) is 0 Å². The summed E-state index contributed by atoms with van der Waals surface area (Å²) in [5, 5.41) is 9.66. The third kappa shape index (κ3) is 2.91. The van der Waals surface area contributed by atoms with Crippen LogP contribution in [0.5, 0.6) is 5.75 Å². The Balaban J connectivity index is 2.52. The van der Waals surface area contributed by atoms with Crippen LogP contribution in [0.2, 0.25) is 0 Å². The fourth-order valence-electron chi connectivity index (χ4n) is 1.77. The van der Waals surface area contributed by atoms with Gasteiger partial charge in [0.1, 0.15) is 5.75 Å². The van der Waals surface area contributed by atoms with Gasteiger partial charge in [-0.1, -0.05) is 12.1 Å². The molecule has 0 aliphatic heterocycles. The van der Waals surface area contributed by atoms with Gasteiger partial charge in [0.25, 0.3) is 0 Å². The van der Waals surface area contributed by atoms with E-state index in [0.29, 0.717) is 16.3 Å². The van der Waals surface area contributed by atoms with Crippen molar-refractivity contribution in [2.45, 2.75) is 4.90 Å². The average Bonchev–Trinajstić information content (AvgIpc) is 2.41. The highest BCUT2D eigenvalue weighted by Crippen LogP contribution is 2.33. The van der Waals surface area contributed by atoms with Crippen molar-refractivity contribution in [3.63, 3.8) is 0 Å². The van der Waals surface area contributed by atoms with E-state index in [2.05, 4.69) is 15.9 Å². The summed E-state index contributed by atoms with van der Waals surface area (Å²) >= 11 is 3.18. The minimum Gasteiger partial charge on any atom is -0.506 e. The monoisotopic (exact) mass is 354 g/mol. The molecule has 6 heteroatoms. The van der Waals surface area contributed by atoms with Crippen LogP contribution in [-0.4, -0.2) is 26.1 Å². The number of rotatable bonds is 3. The second-order valence-electron chi connectivity index (χ2n) is 4.31. The Morgan fingerprint density at radius 3 is 2.20 bits per heavy atom. The number of phenolic OH excluding ortho intramolecular Hbond substituents is 1. The second kappa shape index (κ2) is 5.38. The standard InChI is InChI=1S/C14H11BrO4S/c1-20(18,19)12-4-2-9(3-5-12)10-6-11(8-16)14(17)13(15)7-10/h2-8,17H,1H3. The van der Waals surface area contributed by atoms with E-state index in [1.807, 2.05) is 0 Å². The molecule has 0 bridgehead atoms. The number of benzene rings is 2. The van der Waals surface area contributed by atoms with Crippen LogP contribution in [0.3, 0.4) is 0 Å². The molecular formula is C14H11BrO4S. The molecule has 0 spiro atoms. The summed E-state index contributed by atoms with van der Waals surface area (Å²) in [7, 11) is -3.23. The minimum atomic E-state index is -3.23. The number of hydrogen-bond donors (Lipinski definition) is 1. The van der Waals surface area contributed by atoms with E-state index in [-0.39, 0.29) is 16.2 Å². The summed E-state index contributed by atoms with van der Waals surface area (Å²) < 4.78 is 23.2. The lowest BCUT2D eigenvalue weighted by molar-refractivity contribution is 0.112. The second-order valence-corrected chi connectivity index (χ2v) is 7.18. The van der Waals surface area contributed by atoms with Crippen molar-refractivity contribution >= 4 is 32.1 Å². The molecular weight excluding hydrogens is 344 g/mol. The van der Waals surface area contributed by atoms with Crippen LogP contribution in [0.15, 0.2) is 45.8 Å². The molecule has 2 rings (SSSR count). The zero-order chi connectivity index (χ0) is 14.9. The molecule has 0 saturated heterocycles. The Morgan fingerprint density at radius 2 is 1.70 bits per heavy atom. The van der Waals surface area contributed by atoms with Crippen LogP contribution in [0.25, 0.3) is 11.1 Å². The number of hydrogen-bond acceptors (Lipinski definition) is 4. The molecule has 0 saturated carbocycles. The topological polar surface area (TPSA) is 71.4 Å². The maximum absolute atomic E-state index is 11.4. The van der Waals surface area contributed by atoms with Gasteiger partial charge >= 0.3 is 0 Å². The molecule has 0 amide bonds. The van der Waals surface area contributed by atoms with Crippen LogP contribution < -0.4 is 0 Å². The van der Waals surface area contributed by atoms with E-state index < -0.39 is 9.84 Å². The number of halogens is 1. The summed E-state index contributed by atoms with van der Waals surface area (Å²) in [6.07, 6.45) is 1.71. The molecule has 0 atom stereocenters. The third-order valence-electron chi connectivity index (χ3n) is 2.84. The van der Waals surface area contributed by atoms with Crippen LogP contribution >= 0.6 is 15.9 Å². The first-order valence-corrected chi connectivity index (χ1v) is 8.29. The van der Waals surface area contributed by atoms with Gasteiger partial charge < -0.3 is 5.11 Å². The first-order chi connectivity index (χ1) is 9.32. The molecule has 20 heavy (non-hydrogen) atoms. The predicted octanol–water partition coefficient (Wildman–Crippen LogP) is 3.04. The van der Waals surface area contributed by atoms with Crippen molar-refractivity contribution in [2.75, 3.05) is 6.26 Å². The molecule has 104 valence electrons. The molecule has 0 aliphatic carbocycles. The Labute approximate surface area is 125 Å². The van der Waals surface area contributed by atoms with Crippen molar-refractivity contribution in [1.29, 1.82) is 0 Å². The first kappa shape index (κ1) is 14.7. The molecule has 0 fully saturated rings. The van der Waals surface area contributed by atoms with Gasteiger partial charge in [-0.15, -0.1) is 0 Å². The van der Waals surface area contributed by atoms with E-state index in [1.165, 1.54) is 12.1 Å². The molecule has 0 aliphatic rings. The van der Waals surface area contributed by atoms with Gasteiger partial charge in [0.05, 0.1) is 14.9 Å². The van der Waals surface area contributed by atoms with E-state index in [9.17, 15) is 18.3 Å². The maximum Gasteiger partial charge on any atom is 0.175 e. The minimum absolute atomic E-state index is 0.114. The average molecular weight is 355 g/mol. The Bertz CT molecular complexity index is 765. The molecule has 0 heterocycles. The van der Waals surface area contributed by atoms with Crippen LogP contribution in [0, 0.1) is 0 Å². The summed E-state index contributed by atoms with van der Waals surface area (Å²) in [4.78, 5) is 11.1. The van der Waals surface area contributed by atoms with E-state index in [4.69, 9.17) is 0 Å². The highest BCUT2D eigenvalue weighted by molar-refractivity contribution is 9.10. The molecule has 0 aromatic heterocycles. The summed E-state index contributed by atoms with van der Waals surface area (Å²) in [6.45, 7) is 0. The fourth-order valence-corrected chi connectivity index (χ4v) is 2.88. The number of aromatic hydroxyl groups is 1. The lowest BCUT2D eigenvalue weighted by Crippen LogP contribution is -1.96. The number of carbonyl (C=O) groups is 1. The van der Waals surface area contributed by atoms with Crippen molar-refractivity contribution in [2.24, 2.45) is 0 Å². The molecule has 1 N–H and O–H groups in total. The predicted molar refractivity (Wildman–Crippen MR) is 79.7 cm³/mol. The third-order valence-corrected chi connectivity index (χ3v) is 4.57. The summed E-state index contributed by atoms with van der Waals surface area (Å²) in [5.41, 5.74) is 1.62. The number of carbonyl (C=O) groups excluding carboxylic acids is 1. The first-order valence-electron chi connectivity index (χ1n) is 5.61. The van der Waals surface area contributed by atoms with Crippen molar-refractivity contribution in [3.05, 3.63) is 46.4 Å². The van der Waals surface area contributed by atoms with E-state index in [0.717, 1.165) is 11.8 Å². The van der Waals surface area contributed by atoms with Crippen LogP contribution in [0.1, 0.15) is 10.4 Å². The molecule has 0 radical (unpaired) electrons. The Morgan fingerprint density at radius 1 is 1.10 bits per heavy atom. The number of sulfone groups is 1. The van der Waals surface area contributed by atoms with Gasteiger partial charge in [0.15, 0.2) is 16.1 Å².